The molecule has 146 valence electrons. The second-order valence-electron chi connectivity index (χ2n) is 8.78. The van der Waals surface area contributed by atoms with Crippen molar-refractivity contribution >= 4 is 6.60 Å². The van der Waals surface area contributed by atoms with E-state index in [1.807, 2.05) is 0 Å². The van der Waals surface area contributed by atoms with Crippen LogP contribution in [0.3, 0.4) is 0 Å². The van der Waals surface area contributed by atoms with Crippen molar-refractivity contribution in [3.63, 3.8) is 0 Å². The van der Waals surface area contributed by atoms with Crippen LogP contribution in [0.4, 0.5) is 0 Å². The van der Waals surface area contributed by atoms with E-state index in [1.54, 1.807) is 0 Å². The van der Waals surface area contributed by atoms with Crippen molar-refractivity contribution in [3.8, 4) is 0 Å². The minimum absolute atomic E-state index is 1.34. The third kappa shape index (κ3) is 10.9. The Bertz CT molecular complexity index is 286. The molecule has 0 amide bonds. The van der Waals surface area contributed by atoms with Crippen LogP contribution < -0.4 is 0 Å². The average Bonchev–Trinajstić information content (AvgIpc) is 2.58. The number of allylic oxidation sites excluding steroid dienone is 1. The predicted molar refractivity (Wildman–Crippen MR) is 120 cm³/mol. The molecule has 0 aromatic carbocycles. The van der Waals surface area contributed by atoms with Crippen molar-refractivity contribution in [3.05, 3.63) is 12.7 Å². The van der Waals surface area contributed by atoms with Gasteiger partial charge in [0.05, 0.1) is 0 Å². The summed E-state index contributed by atoms with van der Waals surface area (Å²) in [6.07, 6.45) is 26.8. The molecule has 0 aliphatic rings. The molecule has 0 bridgehead atoms. The minimum atomic E-state index is -1.53. The molecule has 1 heteroatoms. The Morgan fingerprint density at radius 3 is 1.38 bits per heavy atom. The van der Waals surface area contributed by atoms with E-state index in [4.69, 9.17) is 0 Å². The number of hydrogen-bond donors (Lipinski definition) is 0. The zero-order valence-electron chi connectivity index (χ0n) is 17.8. The van der Waals surface area contributed by atoms with Crippen molar-refractivity contribution in [2.24, 2.45) is 0 Å². The third-order valence-electron chi connectivity index (χ3n) is 6.08. The van der Waals surface area contributed by atoms with Crippen molar-refractivity contribution in [2.75, 3.05) is 31.3 Å². The van der Waals surface area contributed by atoms with Gasteiger partial charge in [-0.05, 0) is 0 Å². The molecule has 0 fully saturated rings. The molecule has 0 heterocycles. The summed E-state index contributed by atoms with van der Waals surface area (Å²) in [6.45, 7) is 12.3. The Hall–Kier alpha value is 0.170. The van der Waals surface area contributed by atoms with Crippen LogP contribution in [-0.4, -0.2) is 31.3 Å². The van der Waals surface area contributed by atoms with Gasteiger partial charge in [0.15, 0.2) is 0 Å². The summed E-state index contributed by atoms with van der Waals surface area (Å²) < 4.78 is 0. The first-order valence-electron chi connectivity index (χ1n) is 11.1. The third-order valence-corrected chi connectivity index (χ3v) is 12.6. The Balaban J connectivity index is 4.26. The van der Waals surface area contributed by atoms with Gasteiger partial charge >= 0.3 is 155 Å². The monoisotopic (exact) mass is 356 g/mol. The molecule has 0 spiro atoms. The Morgan fingerprint density at radius 1 is 0.583 bits per heavy atom. The van der Waals surface area contributed by atoms with Crippen molar-refractivity contribution in [1.29, 1.82) is 0 Å². The molecule has 0 aliphatic carbocycles. The van der Waals surface area contributed by atoms with Crippen LogP contribution in [0.2, 0.25) is 0 Å². The topological polar surface area (TPSA) is 0 Å². The van der Waals surface area contributed by atoms with Crippen molar-refractivity contribution in [1.82, 2.24) is 0 Å². The van der Waals surface area contributed by atoms with Gasteiger partial charge in [0, 0.05) is 0 Å². The molecule has 0 saturated carbocycles. The number of hydrogen-bond acceptors (Lipinski definition) is 0. The summed E-state index contributed by atoms with van der Waals surface area (Å²) in [6, 6.07) is 0. The summed E-state index contributed by atoms with van der Waals surface area (Å²) in [5, 5.41) is 0. The van der Waals surface area contributed by atoms with Gasteiger partial charge in [0.25, 0.3) is 0 Å². The van der Waals surface area contributed by atoms with Crippen LogP contribution in [0.15, 0.2) is 12.7 Å². The van der Waals surface area contributed by atoms with Crippen LogP contribution >= 0.6 is 6.60 Å². The second-order valence-corrected chi connectivity index (χ2v) is 15.7. The molecule has 0 nitrogen and oxygen atoms in total. The maximum absolute atomic E-state index is 4.13. The van der Waals surface area contributed by atoms with E-state index in [0.29, 0.717) is 0 Å². The van der Waals surface area contributed by atoms with E-state index < -0.39 is 6.60 Å². The SMILES string of the molecule is C=CCP(C)(CCCC)(CCCC)CCCCCCCCCCC. The Morgan fingerprint density at radius 2 is 0.958 bits per heavy atom. The van der Waals surface area contributed by atoms with Gasteiger partial charge in [-0.2, -0.15) is 0 Å². The molecule has 0 rings (SSSR count). The summed E-state index contributed by atoms with van der Waals surface area (Å²) in [7, 11) is 0. The predicted octanol–water partition coefficient (Wildman–Crippen LogP) is 8.49. The first-order valence-corrected chi connectivity index (χ1v) is 14.6. The van der Waals surface area contributed by atoms with E-state index in [-0.39, 0.29) is 0 Å². The fourth-order valence-electron chi connectivity index (χ4n) is 4.23. The summed E-state index contributed by atoms with van der Waals surface area (Å²) in [5.41, 5.74) is 0. The van der Waals surface area contributed by atoms with Crippen molar-refractivity contribution in [2.45, 2.75) is 104 Å². The molecule has 0 unspecified atom stereocenters. The van der Waals surface area contributed by atoms with E-state index >= 15 is 0 Å². The van der Waals surface area contributed by atoms with Gasteiger partial charge in [-0.3, -0.25) is 0 Å². The number of rotatable bonds is 18. The summed E-state index contributed by atoms with van der Waals surface area (Å²) in [4.78, 5) is 0. The van der Waals surface area contributed by atoms with Gasteiger partial charge in [-0.1, -0.05) is 0 Å². The quantitative estimate of drug-likeness (QED) is 0.131. The van der Waals surface area contributed by atoms with Crippen LogP contribution in [0.1, 0.15) is 104 Å². The molecule has 0 radical (unpaired) electrons. The number of unbranched alkanes of at least 4 members (excludes halogenated alkanes) is 10. The zero-order valence-corrected chi connectivity index (χ0v) is 18.6. The van der Waals surface area contributed by atoms with E-state index in [0.717, 1.165) is 0 Å². The maximum atomic E-state index is 4.13. The first kappa shape index (κ1) is 24.2. The molecule has 0 atom stereocenters. The standard InChI is InChI=1S/C23H49P/c1-6-10-13-14-15-16-17-18-19-23-24(5,20-9-4,21-11-7-2)22-12-8-3/h9H,4,6-8,10-23H2,1-3,5H3. The van der Waals surface area contributed by atoms with Crippen LogP contribution in [0.5, 0.6) is 0 Å². The first-order chi connectivity index (χ1) is 11.5. The molecule has 0 aliphatic heterocycles. The fourth-order valence-corrected chi connectivity index (χ4v) is 10.1. The molecule has 0 N–H and O–H groups in total. The molecule has 0 saturated heterocycles. The van der Waals surface area contributed by atoms with Gasteiger partial charge in [0.1, 0.15) is 0 Å². The van der Waals surface area contributed by atoms with Gasteiger partial charge in [0.2, 0.25) is 0 Å². The van der Waals surface area contributed by atoms with Gasteiger partial charge in [-0.25, -0.2) is 0 Å². The van der Waals surface area contributed by atoms with Crippen molar-refractivity contribution < 1.29 is 0 Å². The summed E-state index contributed by atoms with van der Waals surface area (Å²) >= 11 is 0. The van der Waals surface area contributed by atoms with E-state index in [2.05, 4.69) is 40.1 Å². The molecule has 0 aromatic rings. The normalized spacial score (nSPS) is 13.6. The molecule has 0 aromatic heterocycles. The molecular weight excluding hydrogens is 307 g/mol. The van der Waals surface area contributed by atoms with Crippen LogP contribution in [-0.2, 0) is 0 Å². The second kappa shape index (κ2) is 14.4. The van der Waals surface area contributed by atoms with Gasteiger partial charge < -0.3 is 0 Å². The molecular formula is C23H49P. The Kier molecular flexibility index (Phi) is 14.5. The van der Waals surface area contributed by atoms with Gasteiger partial charge in [-0.15, -0.1) is 0 Å². The van der Waals surface area contributed by atoms with Crippen LogP contribution in [0.25, 0.3) is 0 Å². The average molecular weight is 357 g/mol. The van der Waals surface area contributed by atoms with E-state index in [1.165, 1.54) is 108 Å². The summed E-state index contributed by atoms with van der Waals surface area (Å²) in [5.74, 6) is 0. The fraction of sp³-hybridized carbons (Fsp3) is 0.913. The van der Waals surface area contributed by atoms with E-state index in [9.17, 15) is 0 Å². The Labute approximate surface area is 155 Å². The molecule has 24 heavy (non-hydrogen) atoms. The van der Waals surface area contributed by atoms with Crippen LogP contribution in [0, 0.1) is 0 Å². The zero-order chi connectivity index (χ0) is 18.2.